The van der Waals surface area contributed by atoms with Crippen LogP contribution in [0, 0.1) is 0 Å². The molecule has 0 aromatic heterocycles. The monoisotopic (exact) mass is 267 g/mol. The number of hydrogen-bond acceptors (Lipinski definition) is 3. The number of methoxy groups -OCH3 is 1. The van der Waals surface area contributed by atoms with Gasteiger partial charge in [-0.2, -0.15) is 0 Å². The molecule has 18 heavy (non-hydrogen) atoms. The average Bonchev–Trinajstić information content (AvgIpc) is 2.69. The molecule has 0 amide bonds. The molecule has 3 nitrogen and oxygen atoms in total. The van der Waals surface area contributed by atoms with E-state index in [9.17, 15) is 0 Å². The number of hydrogen-bond donors (Lipinski definition) is 1. The predicted molar refractivity (Wildman–Crippen MR) is 71.5 cm³/mol. The van der Waals surface area contributed by atoms with Crippen LogP contribution in [0.4, 0.5) is 0 Å². The molecule has 2 aliphatic rings. The Kier molecular flexibility index (Phi) is 2.72. The topological polar surface area (TPSA) is 44.5 Å². The van der Waals surface area contributed by atoms with Gasteiger partial charge < -0.3 is 15.2 Å². The summed E-state index contributed by atoms with van der Waals surface area (Å²) in [7, 11) is 1.66. The van der Waals surface area contributed by atoms with Gasteiger partial charge in [0.1, 0.15) is 6.10 Å². The van der Waals surface area contributed by atoms with Crippen LogP contribution in [0.2, 0.25) is 5.02 Å². The van der Waals surface area contributed by atoms with Crippen LogP contribution in [0.25, 0.3) is 0 Å². The number of ether oxygens (including phenoxy) is 2. The predicted octanol–water partition coefficient (Wildman–Crippen LogP) is 3.01. The number of benzene rings is 1. The highest BCUT2D eigenvalue weighted by atomic mass is 35.5. The lowest BCUT2D eigenvalue weighted by Gasteiger charge is -2.39. The van der Waals surface area contributed by atoms with Gasteiger partial charge in [-0.25, -0.2) is 0 Å². The average molecular weight is 268 g/mol. The summed E-state index contributed by atoms with van der Waals surface area (Å²) < 4.78 is 11.2. The van der Waals surface area contributed by atoms with Gasteiger partial charge in [0.05, 0.1) is 12.1 Å². The molecule has 2 N–H and O–H groups in total. The summed E-state index contributed by atoms with van der Waals surface area (Å²) in [6.07, 6.45) is 4.13. The molecule has 3 rings (SSSR count). The molecule has 1 atom stereocenters. The number of fused-ring (bicyclic) bond motifs is 1. The van der Waals surface area contributed by atoms with Crippen molar-refractivity contribution < 1.29 is 9.47 Å². The second-order valence-electron chi connectivity index (χ2n) is 5.39. The highest BCUT2D eigenvalue weighted by Gasteiger charge is 2.39. The first-order chi connectivity index (χ1) is 8.55. The molecule has 0 bridgehead atoms. The van der Waals surface area contributed by atoms with E-state index in [1.165, 1.54) is 6.42 Å². The zero-order valence-corrected chi connectivity index (χ0v) is 11.5. The molecule has 1 aliphatic heterocycles. The van der Waals surface area contributed by atoms with E-state index in [1.807, 2.05) is 13.0 Å². The molecule has 4 heteroatoms. The molecule has 0 radical (unpaired) electrons. The maximum Gasteiger partial charge on any atom is 0.166 e. The Labute approximate surface area is 112 Å². The lowest BCUT2D eigenvalue weighted by Crippen LogP contribution is -2.43. The van der Waals surface area contributed by atoms with Crippen molar-refractivity contribution in [3.05, 3.63) is 22.2 Å². The molecule has 0 saturated heterocycles. The maximum atomic E-state index is 6.53. The molecular weight excluding hydrogens is 250 g/mol. The molecule has 1 aliphatic carbocycles. The normalized spacial score (nSPS) is 24.1. The molecule has 1 fully saturated rings. The smallest absolute Gasteiger partial charge is 0.166 e. The van der Waals surface area contributed by atoms with Crippen molar-refractivity contribution in [3.8, 4) is 11.5 Å². The first-order valence-electron chi connectivity index (χ1n) is 6.40. The molecule has 1 saturated carbocycles. The van der Waals surface area contributed by atoms with Crippen molar-refractivity contribution in [2.24, 2.45) is 5.73 Å². The standard InChI is InChI=1S/C14H18ClNO2/c1-8-6-9-12(15)10(14(16)4-3-5-14)7-11(17-2)13(9)18-8/h7-8H,3-6,16H2,1-2H3. The Bertz CT molecular complexity index is 497. The number of nitrogens with two attached hydrogens (primary N) is 1. The van der Waals surface area contributed by atoms with Crippen LogP contribution in [0.5, 0.6) is 11.5 Å². The van der Waals surface area contributed by atoms with E-state index in [1.54, 1.807) is 7.11 Å². The van der Waals surface area contributed by atoms with Crippen molar-refractivity contribution >= 4 is 11.6 Å². The first-order valence-corrected chi connectivity index (χ1v) is 6.78. The lowest BCUT2D eigenvalue weighted by atomic mass is 9.72. The van der Waals surface area contributed by atoms with Gasteiger partial charge in [-0.3, -0.25) is 0 Å². The summed E-state index contributed by atoms with van der Waals surface area (Å²) in [5.41, 5.74) is 8.19. The second-order valence-corrected chi connectivity index (χ2v) is 5.77. The zero-order chi connectivity index (χ0) is 12.9. The molecule has 1 aromatic rings. The van der Waals surface area contributed by atoms with Gasteiger partial charge in [-0.15, -0.1) is 0 Å². The largest absolute Gasteiger partial charge is 0.493 e. The minimum absolute atomic E-state index is 0.150. The van der Waals surface area contributed by atoms with Crippen LogP contribution in [-0.2, 0) is 12.0 Å². The highest BCUT2D eigenvalue weighted by molar-refractivity contribution is 6.32. The molecule has 1 unspecified atom stereocenters. The van der Waals surface area contributed by atoms with Crippen molar-refractivity contribution in [3.63, 3.8) is 0 Å². The van der Waals surface area contributed by atoms with Crippen LogP contribution in [0.15, 0.2) is 6.07 Å². The van der Waals surface area contributed by atoms with E-state index >= 15 is 0 Å². The first kappa shape index (κ1) is 12.1. The third-order valence-corrected chi connectivity index (χ3v) is 4.52. The van der Waals surface area contributed by atoms with Gasteiger partial charge in [0.2, 0.25) is 0 Å². The fourth-order valence-electron chi connectivity index (χ4n) is 2.85. The SMILES string of the molecule is COc1cc(C2(N)CCC2)c(Cl)c2c1OC(C)C2. The molecule has 1 heterocycles. The van der Waals surface area contributed by atoms with Gasteiger partial charge in [0.15, 0.2) is 11.5 Å². The van der Waals surface area contributed by atoms with Crippen LogP contribution in [-0.4, -0.2) is 13.2 Å². The fraction of sp³-hybridized carbons (Fsp3) is 0.571. The van der Waals surface area contributed by atoms with Gasteiger partial charge in [0, 0.05) is 17.5 Å². The van der Waals surface area contributed by atoms with Gasteiger partial charge in [-0.1, -0.05) is 11.6 Å². The third-order valence-electron chi connectivity index (χ3n) is 4.09. The summed E-state index contributed by atoms with van der Waals surface area (Å²) in [5.74, 6) is 1.55. The minimum Gasteiger partial charge on any atom is -0.493 e. The van der Waals surface area contributed by atoms with Crippen molar-refractivity contribution in [1.29, 1.82) is 0 Å². The quantitative estimate of drug-likeness (QED) is 0.896. The lowest BCUT2D eigenvalue weighted by molar-refractivity contribution is 0.241. The summed E-state index contributed by atoms with van der Waals surface area (Å²) in [6, 6.07) is 1.96. The number of rotatable bonds is 2. The van der Waals surface area contributed by atoms with Crippen LogP contribution in [0.3, 0.4) is 0 Å². The van der Waals surface area contributed by atoms with E-state index in [-0.39, 0.29) is 11.6 Å². The molecule has 98 valence electrons. The molecule has 1 aromatic carbocycles. The Balaban J connectivity index is 2.15. The summed E-state index contributed by atoms with van der Waals surface area (Å²) >= 11 is 6.53. The van der Waals surface area contributed by atoms with E-state index in [4.69, 9.17) is 26.8 Å². The maximum absolute atomic E-state index is 6.53. The molecular formula is C14H18ClNO2. The summed E-state index contributed by atoms with van der Waals surface area (Å²) in [6.45, 7) is 2.04. The van der Waals surface area contributed by atoms with Crippen LogP contribution < -0.4 is 15.2 Å². The highest BCUT2D eigenvalue weighted by Crippen LogP contribution is 2.50. The Morgan fingerprint density at radius 2 is 2.22 bits per heavy atom. The number of halogens is 1. The third kappa shape index (κ3) is 1.61. The van der Waals surface area contributed by atoms with E-state index in [0.29, 0.717) is 0 Å². The molecule has 0 spiro atoms. The van der Waals surface area contributed by atoms with Crippen molar-refractivity contribution in [2.45, 2.75) is 44.2 Å². The van der Waals surface area contributed by atoms with Crippen molar-refractivity contribution in [2.75, 3.05) is 7.11 Å². The van der Waals surface area contributed by atoms with E-state index in [0.717, 1.165) is 46.9 Å². The van der Waals surface area contributed by atoms with Crippen LogP contribution in [0.1, 0.15) is 37.3 Å². The summed E-state index contributed by atoms with van der Waals surface area (Å²) in [5, 5.41) is 0.775. The van der Waals surface area contributed by atoms with Gasteiger partial charge in [-0.05, 0) is 37.8 Å². The Morgan fingerprint density at radius 1 is 1.50 bits per heavy atom. The Hall–Kier alpha value is -0.930. The second kappa shape index (κ2) is 4.04. The van der Waals surface area contributed by atoms with E-state index < -0.39 is 0 Å². The van der Waals surface area contributed by atoms with Gasteiger partial charge >= 0.3 is 0 Å². The van der Waals surface area contributed by atoms with Crippen molar-refractivity contribution in [1.82, 2.24) is 0 Å². The van der Waals surface area contributed by atoms with E-state index in [2.05, 4.69) is 0 Å². The van der Waals surface area contributed by atoms with Gasteiger partial charge in [0.25, 0.3) is 0 Å². The minimum atomic E-state index is -0.273. The fourth-order valence-corrected chi connectivity index (χ4v) is 3.26. The summed E-state index contributed by atoms with van der Waals surface area (Å²) in [4.78, 5) is 0. The van der Waals surface area contributed by atoms with Crippen LogP contribution >= 0.6 is 11.6 Å². The zero-order valence-electron chi connectivity index (χ0n) is 10.8. The Morgan fingerprint density at radius 3 is 2.78 bits per heavy atom.